The second-order valence-electron chi connectivity index (χ2n) is 3.49. The number of hydrogen-bond acceptors (Lipinski definition) is 3. The molecule has 0 heterocycles. The summed E-state index contributed by atoms with van der Waals surface area (Å²) in [6, 6.07) is 7.34. The van der Waals surface area contributed by atoms with E-state index in [1.54, 1.807) is 6.08 Å². The van der Waals surface area contributed by atoms with E-state index >= 15 is 0 Å². The molecule has 1 aromatic carbocycles. The van der Waals surface area contributed by atoms with Crippen LogP contribution in [0.15, 0.2) is 34.8 Å². The number of aliphatic hydroxyl groups excluding tert-OH is 1. The topological polar surface area (TPSA) is 86.6 Å². The zero-order valence-electron chi connectivity index (χ0n) is 9.34. The minimum atomic E-state index is -1.59. The molecule has 0 saturated heterocycles. The number of benzene rings is 1. The Kier molecular flexibility index (Phi) is 5.54. The molecule has 1 amide bonds. The first-order chi connectivity index (χ1) is 8.49. The van der Waals surface area contributed by atoms with Crippen LogP contribution in [0.5, 0.6) is 0 Å². The van der Waals surface area contributed by atoms with Gasteiger partial charge in [0.05, 0.1) is 6.54 Å². The van der Waals surface area contributed by atoms with Gasteiger partial charge in [0.15, 0.2) is 6.10 Å². The smallest absolute Gasteiger partial charge is 0.334 e. The number of nitrogens with one attached hydrogen (secondary N) is 1. The van der Waals surface area contributed by atoms with Crippen LogP contribution in [0.2, 0.25) is 0 Å². The Labute approximate surface area is 112 Å². The molecule has 1 atom stereocenters. The fourth-order valence-corrected chi connectivity index (χ4v) is 1.54. The monoisotopic (exact) mass is 313 g/mol. The van der Waals surface area contributed by atoms with Gasteiger partial charge < -0.3 is 15.5 Å². The van der Waals surface area contributed by atoms with Crippen LogP contribution >= 0.6 is 15.9 Å². The van der Waals surface area contributed by atoms with Gasteiger partial charge in [-0.25, -0.2) is 4.79 Å². The van der Waals surface area contributed by atoms with Crippen molar-refractivity contribution in [2.75, 3.05) is 6.54 Å². The van der Waals surface area contributed by atoms with Gasteiger partial charge in [-0.2, -0.15) is 0 Å². The lowest BCUT2D eigenvalue weighted by atomic mass is 10.2. The summed E-state index contributed by atoms with van der Waals surface area (Å²) < 4.78 is 0.895. The average molecular weight is 314 g/mol. The standard InChI is InChI=1S/C12H12BrNO4/c13-9-3-1-2-8(6-9)4-5-11(16)14-7-10(15)12(17)18/h1-6,10,15H,7H2,(H,14,16)(H,17,18). The van der Waals surface area contributed by atoms with E-state index in [0.717, 1.165) is 10.0 Å². The lowest BCUT2D eigenvalue weighted by molar-refractivity contribution is -0.146. The predicted molar refractivity (Wildman–Crippen MR) is 69.8 cm³/mol. The molecule has 0 radical (unpaired) electrons. The Morgan fingerprint density at radius 3 is 2.78 bits per heavy atom. The first kappa shape index (κ1) is 14.4. The fourth-order valence-electron chi connectivity index (χ4n) is 1.13. The molecule has 3 N–H and O–H groups in total. The van der Waals surface area contributed by atoms with Crippen LogP contribution in [0.3, 0.4) is 0 Å². The van der Waals surface area contributed by atoms with E-state index in [-0.39, 0.29) is 6.54 Å². The summed E-state index contributed by atoms with van der Waals surface area (Å²) in [5.74, 6) is -1.83. The van der Waals surface area contributed by atoms with Gasteiger partial charge in [-0.3, -0.25) is 4.79 Å². The molecule has 0 bridgehead atoms. The molecular weight excluding hydrogens is 302 g/mol. The maximum Gasteiger partial charge on any atom is 0.334 e. The molecular formula is C12H12BrNO4. The van der Waals surface area contributed by atoms with Crippen molar-refractivity contribution >= 4 is 33.9 Å². The Balaban J connectivity index is 2.47. The molecule has 0 aromatic heterocycles. The van der Waals surface area contributed by atoms with Gasteiger partial charge in [-0.1, -0.05) is 28.1 Å². The second-order valence-corrected chi connectivity index (χ2v) is 4.40. The van der Waals surface area contributed by atoms with E-state index in [4.69, 9.17) is 10.2 Å². The summed E-state index contributed by atoms with van der Waals surface area (Å²) >= 11 is 3.30. The largest absolute Gasteiger partial charge is 0.479 e. The predicted octanol–water partition coefficient (Wildman–Crippen LogP) is 1.02. The fraction of sp³-hybridized carbons (Fsp3) is 0.167. The highest BCUT2D eigenvalue weighted by atomic mass is 79.9. The molecule has 6 heteroatoms. The summed E-state index contributed by atoms with van der Waals surface area (Å²) in [5.41, 5.74) is 0.832. The van der Waals surface area contributed by atoms with Gasteiger partial charge in [-0.15, -0.1) is 0 Å². The van der Waals surface area contributed by atoms with Crippen molar-refractivity contribution in [2.24, 2.45) is 0 Å². The van der Waals surface area contributed by atoms with Crippen molar-refractivity contribution < 1.29 is 19.8 Å². The number of hydrogen-bond donors (Lipinski definition) is 3. The van der Waals surface area contributed by atoms with Crippen LogP contribution in [-0.2, 0) is 9.59 Å². The van der Waals surface area contributed by atoms with E-state index < -0.39 is 18.0 Å². The third-order valence-corrected chi connectivity index (χ3v) is 2.52. The molecule has 18 heavy (non-hydrogen) atoms. The van der Waals surface area contributed by atoms with Crippen molar-refractivity contribution in [1.82, 2.24) is 5.32 Å². The number of halogens is 1. The van der Waals surface area contributed by atoms with E-state index in [9.17, 15) is 9.59 Å². The number of carbonyl (C=O) groups excluding carboxylic acids is 1. The molecule has 1 rings (SSSR count). The summed E-state index contributed by atoms with van der Waals surface area (Å²) in [5, 5.41) is 19.6. The van der Waals surface area contributed by atoms with Gasteiger partial charge in [-0.05, 0) is 23.8 Å². The molecule has 0 fully saturated rings. The highest BCUT2D eigenvalue weighted by molar-refractivity contribution is 9.10. The van der Waals surface area contributed by atoms with Gasteiger partial charge in [0.25, 0.3) is 0 Å². The van der Waals surface area contributed by atoms with Crippen LogP contribution in [0.4, 0.5) is 0 Å². The highest BCUT2D eigenvalue weighted by Gasteiger charge is 2.12. The summed E-state index contributed by atoms with van der Waals surface area (Å²) in [4.78, 5) is 21.6. The normalized spacial score (nSPS) is 12.3. The van der Waals surface area contributed by atoms with Gasteiger partial charge in [0.1, 0.15) is 0 Å². The van der Waals surface area contributed by atoms with Crippen molar-refractivity contribution in [2.45, 2.75) is 6.10 Å². The van der Waals surface area contributed by atoms with Crippen molar-refractivity contribution in [3.05, 3.63) is 40.4 Å². The first-order valence-corrected chi connectivity index (χ1v) is 5.90. The third kappa shape index (κ3) is 5.11. The minimum Gasteiger partial charge on any atom is -0.479 e. The molecule has 0 aliphatic carbocycles. The lowest BCUT2D eigenvalue weighted by Crippen LogP contribution is -2.35. The van der Waals surface area contributed by atoms with E-state index in [1.807, 2.05) is 24.3 Å². The number of amides is 1. The SMILES string of the molecule is O=C(C=Cc1cccc(Br)c1)NCC(O)C(=O)O. The van der Waals surface area contributed by atoms with Crippen LogP contribution in [0.25, 0.3) is 6.08 Å². The maximum absolute atomic E-state index is 11.3. The third-order valence-electron chi connectivity index (χ3n) is 2.03. The number of carboxylic acid groups (broad SMARTS) is 1. The van der Waals surface area contributed by atoms with Crippen LogP contribution in [0, 0.1) is 0 Å². The van der Waals surface area contributed by atoms with Crippen molar-refractivity contribution in [3.8, 4) is 0 Å². The van der Waals surface area contributed by atoms with Crippen molar-refractivity contribution in [1.29, 1.82) is 0 Å². The Hall–Kier alpha value is -1.66. The van der Waals surface area contributed by atoms with E-state index in [1.165, 1.54) is 6.08 Å². The molecule has 1 aromatic rings. The quantitative estimate of drug-likeness (QED) is 0.708. The van der Waals surface area contributed by atoms with Crippen LogP contribution in [-0.4, -0.2) is 34.7 Å². The number of carbonyl (C=O) groups is 2. The number of aliphatic hydroxyl groups is 1. The van der Waals surface area contributed by atoms with Gasteiger partial charge >= 0.3 is 5.97 Å². The summed E-state index contributed by atoms with van der Waals surface area (Å²) in [6.45, 7) is -0.322. The number of carboxylic acids is 1. The number of aliphatic carboxylic acids is 1. The summed E-state index contributed by atoms with van der Waals surface area (Å²) in [6.07, 6.45) is 1.28. The molecule has 0 spiro atoms. The van der Waals surface area contributed by atoms with Gasteiger partial charge in [0, 0.05) is 10.5 Å². The zero-order valence-corrected chi connectivity index (χ0v) is 10.9. The average Bonchev–Trinajstić information content (AvgIpc) is 2.33. The van der Waals surface area contributed by atoms with Crippen molar-refractivity contribution in [3.63, 3.8) is 0 Å². The number of rotatable bonds is 5. The Morgan fingerprint density at radius 2 is 2.17 bits per heavy atom. The molecule has 96 valence electrons. The zero-order chi connectivity index (χ0) is 13.5. The van der Waals surface area contributed by atoms with Crippen LogP contribution < -0.4 is 5.32 Å². The molecule has 0 aliphatic heterocycles. The van der Waals surface area contributed by atoms with Gasteiger partial charge in [0.2, 0.25) is 5.91 Å². The minimum absolute atomic E-state index is 0.322. The lowest BCUT2D eigenvalue weighted by Gasteiger charge is -2.05. The Morgan fingerprint density at radius 1 is 1.44 bits per heavy atom. The molecule has 0 saturated carbocycles. The molecule has 1 unspecified atom stereocenters. The van der Waals surface area contributed by atoms with Crippen LogP contribution in [0.1, 0.15) is 5.56 Å². The van der Waals surface area contributed by atoms with E-state index in [2.05, 4.69) is 21.2 Å². The first-order valence-electron chi connectivity index (χ1n) is 5.11. The molecule has 5 nitrogen and oxygen atoms in total. The van der Waals surface area contributed by atoms with E-state index in [0.29, 0.717) is 0 Å². The summed E-state index contributed by atoms with van der Waals surface area (Å²) in [7, 11) is 0. The molecule has 0 aliphatic rings. The second kappa shape index (κ2) is 6.93. The maximum atomic E-state index is 11.3. The Bertz CT molecular complexity index is 473. The highest BCUT2D eigenvalue weighted by Crippen LogP contribution is 2.12.